The van der Waals surface area contributed by atoms with E-state index >= 15 is 0 Å². The highest BCUT2D eigenvalue weighted by Crippen LogP contribution is 2.51. The molecule has 0 saturated carbocycles. The number of Topliss-reactive ketones (excluding diaryl/α,β-unsaturated/α-hetero) is 1. The number of carbonyl (C=O) groups excluding carboxylic acids is 1. The lowest BCUT2D eigenvalue weighted by atomic mass is 9.68. The summed E-state index contributed by atoms with van der Waals surface area (Å²) in [6, 6.07) is 13.5. The van der Waals surface area contributed by atoms with Crippen LogP contribution in [-0.4, -0.2) is 22.5 Å². The van der Waals surface area contributed by atoms with Crippen LogP contribution >= 0.6 is 0 Å². The van der Waals surface area contributed by atoms with Gasteiger partial charge in [0.05, 0.1) is 12.1 Å². The molecule has 1 atom stereocenters. The number of hydrogen-bond acceptors (Lipinski definition) is 5. The number of nitrogens with one attached hydrogen (secondary N) is 1. The van der Waals surface area contributed by atoms with Gasteiger partial charge in [-0.25, -0.2) is 0 Å². The fourth-order valence-electron chi connectivity index (χ4n) is 5.00. The number of nitrogens with zero attached hydrogens (tertiary/aromatic N) is 1. The molecule has 0 amide bonds. The van der Waals surface area contributed by atoms with Gasteiger partial charge in [-0.1, -0.05) is 26.0 Å². The van der Waals surface area contributed by atoms with Gasteiger partial charge >= 0.3 is 0 Å². The maximum absolute atomic E-state index is 13.5. The molecule has 3 aromatic rings. The van der Waals surface area contributed by atoms with Crippen molar-refractivity contribution in [3.63, 3.8) is 0 Å². The van der Waals surface area contributed by atoms with Crippen molar-refractivity contribution in [1.82, 2.24) is 4.98 Å². The summed E-state index contributed by atoms with van der Waals surface area (Å²) in [5, 5.41) is 14.9. The quantitative estimate of drug-likeness (QED) is 0.589. The third kappa shape index (κ3) is 3.25. The number of phenols is 1. The van der Waals surface area contributed by atoms with Crippen LogP contribution in [0.2, 0.25) is 0 Å². The number of anilines is 1. The highest BCUT2D eigenvalue weighted by Gasteiger charge is 2.41. The topological polar surface area (TPSA) is 71.5 Å². The Hall–Kier alpha value is -3.34. The average molecular weight is 415 g/mol. The summed E-state index contributed by atoms with van der Waals surface area (Å²) in [4.78, 5) is 18.0. The van der Waals surface area contributed by atoms with E-state index in [4.69, 9.17) is 4.74 Å². The zero-order valence-corrected chi connectivity index (χ0v) is 18.0. The minimum atomic E-state index is -0.248. The molecular formula is C26H26N2O3. The van der Waals surface area contributed by atoms with Crippen LogP contribution < -0.4 is 10.1 Å². The van der Waals surface area contributed by atoms with Gasteiger partial charge in [0.15, 0.2) is 17.3 Å². The number of hydrogen-bond donors (Lipinski definition) is 2. The van der Waals surface area contributed by atoms with E-state index in [0.29, 0.717) is 18.8 Å². The number of ether oxygens (including phenoxy) is 1. The Morgan fingerprint density at radius 1 is 1.19 bits per heavy atom. The van der Waals surface area contributed by atoms with E-state index < -0.39 is 0 Å². The van der Waals surface area contributed by atoms with E-state index in [1.807, 2.05) is 31.2 Å². The summed E-state index contributed by atoms with van der Waals surface area (Å²) >= 11 is 0. The average Bonchev–Trinajstić information content (AvgIpc) is 2.73. The number of carbonyl (C=O) groups is 1. The van der Waals surface area contributed by atoms with E-state index in [1.165, 1.54) is 0 Å². The van der Waals surface area contributed by atoms with Gasteiger partial charge in [0.25, 0.3) is 0 Å². The van der Waals surface area contributed by atoms with Crippen molar-refractivity contribution in [3.8, 4) is 11.5 Å². The standard InChI is InChI=1S/C26H26N2O3/c1-4-31-22-12-15(7-10-20(22)29)23-24-16-6-5-11-27-17(16)8-9-18(24)28-19-13-26(2,3)14-21(30)25(19)23/h5-12,23,28-29H,4,13-14H2,1-3H3/t23-/m1/s1. The molecule has 5 rings (SSSR count). The number of aromatic hydroxyl groups is 1. The molecule has 0 saturated heterocycles. The Morgan fingerprint density at radius 3 is 2.84 bits per heavy atom. The first-order valence-corrected chi connectivity index (χ1v) is 10.7. The zero-order chi connectivity index (χ0) is 21.8. The van der Waals surface area contributed by atoms with Gasteiger partial charge in [0.1, 0.15) is 0 Å². The molecule has 2 N–H and O–H groups in total. The fraction of sp³-hybridized carbons (Fsp3) is 0.308. The van der Waals surface area contributed by atoms with Crippen LogP contribution in [-0.2, 0) is 4.79 Å². The Kier molecular flexibility index (Phi) is 4.50. The maximum atomic E-state index is 13.5. The summed E-state index contributed by atoms with van der Waals surface area (Å²) in [5.74, 6) is 0.456. The van der Waals surface area contributed by atoms with Crippen LogP contribution in [0.1, 0.15) is 50.7 Å². The third-order valence-electron chi connectivity index (χ3n) is 6.23. The largest absolute Gasteiger partial charge is 0.504 e. The highest BCUT2D eigenvalue weighted by molar-refractivity contribution is 6.04. The molecule has 5 nitrogen and oxygen atoms in total. The number of pyridine rings is 1. The van der Waals surface area contributed by atoms with Crippen LogP contribution in [0.5, 0.6) is 11.5 Å². The van der Waals surface area contributed by atoms with Crippen LogP contribution in [0, 0.1) is 5.41 Å². The van der Waals surface area contributed by atoms with Gasteiger partial charge in [-0.05, 0) is 60.2 Å². The fourth-order valence-corrected chi connectivity index (χ4v) is 5.00. The predicted octanol–water partition coefficient (Wildman–Crippen LogP) is 5.54. The Balaban J connectivity index is 1.79. The molecule has 2 aromatic carbocycles. The van der Waals surface area contributed by atoms with Crippen LogP contribution in [0.25, 0.3) is 10.9 Å². The summed E-state index contributed by atoms with van der Waals surface area (Å²) < 4.78 is 5.66. The number of allylic oxidation sites excluding steroid dienone is 2. The molecule has 1 aromatic heterocycles. The van der Waals surface area contributed by atoms with Crippen LogP contribution in [0.3, 0.4) is 0 Å². The smallest absolute Gasteiger partial charge is 0.162 e. The van der Waals surface area contributed by atoms with Gasteiger partial charge in [0, 0.05) is 40.9 Å². The molecule has 0 bridgehead atoms. The van der Waals surface area contributed by atoms with E-state index in [2.05, 4.69) is 36.3 Å². The molecule has 2 aliphatic rings. The summed E-state index contributed by atoms with van der Waals surface area (Å²) in [6.07, 6.45) is 3.11. The number of fused-ring (bicyclic) bond motifs is 3. The summed E-state index contributed by atoms with van der Waals surface area (Å²) in [7, 11) is 0. The number of phenolic OH excluding ortho intramolecular Hbond substituents is 1. The molecule has 0 unspecified atom stereocenters. The van der Waals surface area contributed by atoms with Crippen molar-refractivity contribution in [2.45, 2.75) is 39.5 Å². The molecule has 1 aliphatic carbocycles. The SMILES string of the molecule is CCOc1cc([C@H]2C3=C(CC(C)(C)CC3=O)Nc3ccc4ncccc4c32)ccc1O. The lowest BCUT2D eigenvalue weighted by Gasteiger charge is -2.40. The zero-order valence-electron chi connectivity index (χ0n) is 18.0. The lowest BCUT2D eigenvalue weighted by molar-refractivity contribution is -0.118. The van der Waals surface area contributed by atoms with Gasteiger partial charge in [-0.3, -0.25) is 9.78 Å². The van der Waals surface area contributed by atoms with E-state index in [0.717, 1.165) is 45.4 Å². The van der Waals surface area contributed by atoms with Gasteiger partial charge in [0.2, 0.25) is 0 Å². The van der Waals surface area contributed by atoms with Crippen molar-refractivity contribution >= 4 is 22.4 Å². The Bertz CT molecular complexity index is 1240. The molecule has 2 heterocycles. The van der Waals surface area contributed by atoms with Crippen molar-refractivity contribution in [3.05, 3.63) is 71.1 Å². The normalized spacial score (nSPS) is 19.6. The summed E-state index contributed by atoms with van der Waals surface area (Å²) in [6.45, 7) is 6.62. The highest BCUT2D eigenvalue weighted by atomic mass is 16.5. The van der Waals surface area contributed by atoms with Crippen LogP contribution in [0.15, 0.2) is 59.9 Å². The first-order chi connectivity index (χ1) is 14.9. The maximum Gasteiger partial charge on any atom is 0.162 e. The Labute approximate surface area is 181 Å². The number of ketones is 1. The molecule has 5 heteroatoms. The molecule has 0 fully saturated rings. The number of benzene rings is 2. The number of rotatable bonds is 3. The second-order valence-corrected chi connectivity index (χ2v) is 9.15. The van der Waals surface area contributed by atoms with E-state index in [-0.39, 0.29) is 22.9 Å². The monoisotopic (exact) mass is 414 g/mol. The third-order valence-corrected chi connectivity index (χ3v) is 6.23. The molecule has 158 valence electrons. The minimum Gasteiger partial charge on any atom is -0.504 e. The van der Waals surface area contributed by atoms with Crippen molar-refractivity contribution in [1.29, 1.82) is 0 Å². The van der Waals surface area contributed by atoms with Gasteiger partial charge in [-0.2, -0.15) is 0 Å². The molecule has 1 aliphatic heterocycles. The van der Waals surface area contributed by atoms with Gasteiger partial charge in [-0.15, -0.1) is 0 Å². The first-order valence-electron chi connectivity index (χ1n) is 10.7. The lowest BCUT2D eigenvalue weighted by Crippen LogP contribution is -2.33. The van der Waals surface area contributed by atoms with Crippen molar-refractivity contribution in [2.24, 2.45) is 5.41 Å². The second-order valence-electron chi connectivity index (χ2n) is 9.15. The Morgan fingerprint density at radius 2 is 2.03 bits per heavy atom. The minimum absolute atomic E-state index is 0.0885. The molecule has 0 spiro atoms. The summed E-state index contributed by atoms with van der Waals surface area (Å²) in [5.41, 5.74) is 5.59. The predicted molar refractivity (Wildman–Crippen MR) is 122 cm³/mol. The van der Waals surface area contributed by atoms with Crippen molar-refractivity contribution < 1.29 is 14.6 Å². The molecule has 0 radical (unpaired) electrons. The van der Waals surface area contributed by atoms with Crippen LogP contribution in [0.4, 0.5) is 5.69 Å². The number of aromatic nitrogens is 1. The second kappa shape index (κ2) is 7.12. The van der Waals surface area contributed by atoms with Gasteiger partial charge < -0.3 is 15.2 Å². The molecule has 31 heavy (non-hydrogen) atoms. The van der Waals surface area contributed by atoms with Crippen molar-refractivity contribution in [2.75, 3.05) is 11.9 Å². The molecular weight excluding hydrogens is 388 g/mol. The van der Waals surface area contributed by atoms with E-state index in [9.17, 15) is 9.90 Å². The van der Waals surface area contributed by atoms with E-state index in [1.54, 1.807) is 12.3 Å². The first kappa shape index (κ1) is 19.6.